The van der Waals surface area contributed by atoms with Crippen molar-refractivity contribution in [3.8, 4) is 6.07 Å². The number of hydrogen-bond acceptors (Lipinski definition) is 9. The largest absolute Gasteiger partial charge is 0.397 e. The van der Waals surface area contributed by atoms with Gasteiger partial charge in [-0.1, -0.05) is 32.9 Å². The Balaban J connectivity index is 1.92. The molecule has 1 aliphatic heterocycles. The van der Waals surface area contributed by atoms with Crippen LogP contribution in [-0.4, -0.2) is 63.9 Å². The van der Waals surface area contributed by atoms with Crippen molar-refractivity contribution in [1.82, 2.24) is 30.1 Å². The van der Waals surface area contributed by atoms with E-state index in [-0.39, 0.29) is 11.8 Å². The molecule has 0 aromatic carbocycles. The lowest BCUT2D eigenvalue weighted by Crippen LogP contribution is -2.30. The number of nitrogens with zero attached hydrogens (tertiary/aromatic N) is 6. The third-order valence-electron chi connectivity index (χ3n) is 7.64. The summed E-state index contributed by atoms with van der Waals surface area (Å²) >= 11 is 0. The molecule has 1 aromatic heterocycles. The van der Waals surface area contributed by atoms with E-state index in [1.54, 1.807) is 18.6 Å². The molecule has 2 aliphatic rings. The first-order valence-electron chi connectivity index (χ1n) is 14.9. The SMILES string of the molecule is CC/C=C(\C=C(/C(C)C)N(N)/C=C(\N)c1cncnc1)NC(=O)C1=CCC(C(C)(C)C#N)=CC(N2CCCN(C)CC2)=C1. The van der Waals surface area contributed by atoms with Crippen LogP contribution in [0.25, 0.3) is 5.70 Å². The van der Waals surface area contributed by atoms with Crippen molar-refractivity contribution in [3.63, 3.8) is 0 Å². The number of likely N-dealkylation sites (N-methyl/N-ethyl adjacent to an activating group) is 1. The van der Waals surface area contributed by atoms with Crippen LogP contribution in [0.5, 0.6) is 0 Å². The second-order valence-electron chi connectivity index (χ2n) is 11.8. The normalized spacial score (nSPS) is 17.8. The fourth-order valence-corrected chi connectivity index (χ4v) is 4.89. The molecule has 1 aliphatic carbocycles. The molecule has 10 heteroatoms. The lowest BCUT2D eigenvalue weighted by Gasteiger charge is -2.26. The number of rotatable bonds is 10. The van der Waals surface area contributed by atoms with E-state index in [4.69, 9.17) is 11.6 Å². The van der Waals surface area contributed by atoms with Crippen LogP contribution in [0.4, 0.5) is 0 Å². The minimum absolute atomic E-state index is 0.0305. The van der Waals surface area contributed by atoms with Crippen molar-refractivity contribution in [3.05, 3.63) is 89.1 Å². The molecular formula is C33H47N9O. The summed E-state index contributed by atoms with van der Waals surface area (Å²) < 4.78 is 0. The molecule has 1 saturated heterocycles. The molecule has 0 spiro atoms. The summed E-state index contributed by atoms with van der Waals surface area (Å²) in [7, 11) is 2.13. The number of aromatic nitrogens is 2. The molecule has 43 heavy (non-hydrogen) atoms. The molecule has 230 valence electrons. The molecule has 0 saturated carbocycles. The fraction of sp³-hybridized carbons (Fsp3) is 0.455. The summed E-state index contributed by atoms with van der Waals surface area (Å²) in [5.41, 5.74) is 10.6. The van der Waals surface area contributed by atoms with Gasteiger partial charge in [-0.15, -0.1) is 0 Å². The lowest BCUT2D eigenvalue weighted by atomic mass is 9.83. The molecule has 1 amide bonds. The zero-order valence-corrected chi connectivity index (χ0v) is 26.5. The summed E-state index contributed by atoms with van der Waals surface area (Å²) in [6, 6.07) is 2.44. The van der Waals surface area contributed by atoms with Crippen molar-refractivity contribution in [1.29, 1.82) is 5.26 Å². The topological polar surface area (TPSA) is 140 Å². The van der Waals surface area contributed by atoms with E-state index in [1.165, 1.54) is 11.3 Å². The number of hydrogen-bond donors (Lipinski definition) is 3. The van der Waals surface area contributed by atoms with Gasteiger partial charge in [0.1, 0.15) is 6.33 Å². The van der Waals surface area contributed by atoms with Crippen LogP contribution in [0, 0.1) is 22.7 Å². The van der Waals surface area contributed by atoms with Crippen LogP contribution in [0.3, 0.4) is 0 Å². The predicted octanol–water partition coefficient (Wildman–Crippen LogP) is 4.19. The van der Waals surface area contributed by atoms with Gasteiger partial charge in [-0.05, 0) is 76.4 Å². The van der Waals surface area contributed by atoms with E-state index in [1.807, 2.05) is 58.9 Å². The molecule has 10 nitrogen and oxygen atoms in total. The Kier molecular flexibility index (Phi) is 11.9. The molecule has 0 radical (unpaired) electrons. The number of nitrogens with one attached hydrogen (secondary N) is 1. The van der Waals surface area contributed by atoms with Gasteiger partial charge < -0.3 is 20.9 Å². The van der Waals surface area contributed by atoms with Crippen molar-refractivity contribution in [2.24, 2.45) is 22.9 Å². The first kappa shape index (κ1) is 33.3. The summed E-state index contributed by atoms with van der Waals surface area (Å²) in [6.45, 7) is 13.6. The third-order valence-corrected chi connectivity index (χ3v) is 7.64. The van der Waals surface area contributed by atoms with Crippen LogP contribution in [0.2, 0.25) is 0 Å². The number of carbonyl (C=O) groups is 1. The number of nitriles is 1. The highest BCUT2D eigenvalue weighted by Gasteiger charge is 2.26. The second-order valence-corrected chi connectivity index (χ2v) is 11.8. The molecule has 5 N–H and O–H groups in total. The quantitative estimate of drug-likeness (QED) is 0.209. The Bertz CT molecular complexity index is 1360. The average molecular weight is 586 g/mol. The number of carbonyl (C=O) groups excluding carboxylic acids is 1. The van der Waals surface area contributed by atoms with Crippen molar-refractivity contribution >= 4 is 11.6 Å². The van der Waals surface area contributed by atoms with Gasteiger partial charge in [0.2, 0.25) is 0 Å². The van der Waals surface area contributed by atoms with Gasteiger partial charge in [-0.2, -0.15) is 5.26 Å². The second kappa shape index (κ2) is 15.3. The minimum atomic E-state index is -0.655. The van der Waals surface area contributed by atoms with Crippen molar-refractivity contribution < 1.29 is 4.79 Å². The maximum Gasteiger partial charge on any atom is 0.255 e. The van der Waals surface area contributed by atoms with E-state index in [9.17, 15) is 10.1 Å². The smallest absolute Gasteiger partial charge is 0.255 e. The maximum absolute atomic E-state index is 13.8. The van der Waals surface area contributed by atoms with Gasteiger partial charge in [0.15, 0.2) is 0 Å². The molecule has 0 unspecified atom stereocenters. The highest BCUT2D eigenvalue weighted by molar-refractivity contribution is 5.98. The minimum Gasteiger partial charge on any atom is -0.397 e. The monoisotopic (exact) mass is 585 g/mol. The van der Waals surface area contributed by atoms with E-state index in [0.717, 1.165) is 49.6 Å². The molecule has 1 fully saturated rings. The first-order valence-corrected chi connectivity index (χ1v) is 14.9. The Hall–Kier alpha value is -4.20. The van der Waals surface area contributed by atoms with Gasteiger partial charge in [-0.3, -0.25) is 9.80 Å². The maximum atomic E-state index is 13.8. The van der Waals surface area contributed by atoms with E-state index in [2.05, 4.69) is 44.3 Å². The van der Waals surface area contributed by atoms with Gasteiger partial charge in [0, 0.05) is 66.5 Å². The lowest BCUT2D eigenvalue weighted by molar-refractivity contribution is -0.116. The third kappa shape index (κ3) is 9.40. The zero-order chi connectivity index (χ0) is 31.6. The summed E-state index contributed by atoms with van der Waals surface area (Å²) in [6.07, 6.45) is 18.4. The van der Waals surface area contributed by atoms with Crippen LogP contribution < -0.4 is 16.9 Å². The van der Waals surface area contributed by atoms with E-state index < -0.39 is 5.41 Å². The Labute approximate surface area is 256 Å². The molecular weight excluding hydrogens is 538 g/mol. The van der Waals surface area contributed by atoms with E-state index >= 15 is 0 Å². The Morgan fingerprint density at radius 1 is 1.21 bits per heavy atom. The number of allylic oxidation sites excluding steroid dienone is 6. The summed E-state index contributed by atoms with van der Waals surface area (Å²) in [5.74, 6) is 6.27. The van der Waals surface area contributed by atoms with Crippen molar-refractivity contribution in [2.45, 2.75) is 53.9 Å². The summed E-state index contributed by atoms with van der Waals surface area (Å²) in [5, 5.41) is 14.5. The zero-order valence-electron chi connectivity index (χ0n) is 26.5. The molecule has 1 aromatic rings. The number of amides is 1. The van der Waals surface area contributed by atoms with E-state index in [0.29, 0.717) is 35.4 Å². The highest BCUT2D eigenvalue weighted by Crippen LogP contribution is 2.33. The van der Waals surface area contributed by atoms with Crippen LogP contribution >= 0.6 is 0 Å². The molecule has 3 rings (SSSR count). The Morgan fingerprint density at radius 2 is 1.93 bits per heavy atom. The van der Waals surface area contributed by atoms with Gasteiger partial charge >= 0.3 is 0 Å². The summed E-state index contributed by atoms with van der Waals surface area (Å²) in [4.78, 5) is 26.5. The van der Waals surface area contributed by atoms with Crippen LogP contribution in [0.15, 0.2) is 83.5 Å². The fourth-order valence-electron chi connectivity index (χ4n) is 4.89. The highest BCUT2D eigenvalue weighted by atomic mass is 16.1. The van der Waals surface area contributed by atoms with Crippen LogP contribution in [0.1, 0.15) is 59.4 Å². The van der Waals surface area contributed by atoms with Gasteiger partial charge in [0.25, 0.3) is 5.91 Å². The molecule has 0 bridgehead atoms. The average Bonchev–Trinajstić information content (AvgIpc) is 3.35. The predicted molar refractivity (Wildman–Crippen MR) is 172 cm³/mol. The standard InChI is InChI=1S/C33H47N9O/c1-7-9-28(18-31(24(2)3)42(36)21-30(35)26-19-37-23-38-20-26)39-32(43)25-10-11-27(33(4,5)22-34)17-29(16-25)41-13-8-12-40(6)14-15-41/h9-10,16-21,23-24H,7-8,11-15,35-36H2,1-6H3,(H,39,43)/b28-9+,30-21-,31-18+. The van der Waals surface area contributed by atoms with Crippen molar-refractivity contribution in [2.75, 3.05) is 33.2 Å². The molecule has 2 heterocycles. The molecule has 0 atom stereocenters. The Morgan fingerprint density at radius 3 is 2.58 bits per heavy atom. The number of nitrogens with two attached hydrogens (primary N) is 2. The van der Waals surface area contributed by atoms with Crippen LogP contribution in [-0.2, 0) is 4.79 Å². The van der Waals surface area contributed by atoms with Gasteiger partial charge in [0.05, 0.1) is 17.2 Å². The first-order chi connectivity index (χ1) is 20.4. The van der Waals surface area contributed by atoms with Gasteiger partial charge in [-0.25, -0.2) is 15.8 Å². The number of hydrazine groups is 1.